The first-order chi connectivity index (χ1) is 10.9. The molecule has 0 bridgehead atoms. The molecule has 0 saturated heterocycles. The van der Waals surface area contributed by atoms with Crippen molar-refractivity contribution in [2.24, 2.45) is 5.92 Å². The molecule has 4 nitrogen and oxygen atoms in total. The standard InChI is InChI=1S/C19H27NO3/c1-13(14-4-5-14)20(16-8-9-16)18(21)12-23-17-10-6-15(7-11-17)19(2,3)22/h6-7,10-11,13-14,16,22H,4-5,8-9,12H2,1-3H3. The summed E-state index contributed by atoms with van der Waals surface area (Å²) in [6, 6.07) is 8.07. The number of rotatable bonds is 7. The van der Waals surface area contributed by atoms with Crippen LogP contribution in [-0.4, -0.2) is 34.6 Å². The van der Waals surface area contributed by atoms with Crippen LogP contribution in [-0.2, 0) is 10.4 Å². The quantitative estimate of drug-likeness (QED) is 0.841. The fourth-order valence-electron chi connectivity index (χ4n) is 3.10. The molecule has 2 aliphatic rings. The predicted molar refractivity (Wildman–Crippen MR) is 89.2 cm³/mol. The molecule has 1 N–H and O–H groups in total. The summed E-state index contributed by atoms with van der Waals surface area (Å²) in [4.78, 5) is 14.6. The van der Waals surface area contributed by atoms with Gasteiger partial charge < -0.3 is 14.7 Å². The molecular formula is C19H27NO3. The molecule has 0 spiro atoms. The van der Waals surface area contributed by atoms with Crippen LogP contribution in [0.2, 0.25) is 0 Å². The third-order valence-electron chi connectivity index (χ3n) is 4.89. The van der Waals surface area contributed by atoms with E-state index in [1.54, 1.807) is 13.8 Å². The Hall–Kier alpha value is -1.55. The van der Waals surface area contributed by atoms with E-state index in [0.717, 1.165) is 18.4 Å². The fourth-order valence-corrected chi connectivity index (χ4v) is 3.10. The van der Waals surface area contributed by atoms with E-state index < -0.39 is 5.60 Å². The second-order valence-corrected chi connectivity index (χ2v) is 7.48. The van der Waals surface area contributed by atoms with Crippen molar-refractivity contribution in [1.82, 2.24) is 4.90 Å². The van der Waals surface area contributed by atoms with Gasteiger partial charge in [0.25, 0.3) is 5.91 Å². The lowest BCUT2D eigenvalue weighted by Crippen LogP contribution is -2.44. The van der Waals surface area contributed by atoms with Gasteiger partial charge in [0.15, 0.2) is 6.61 Å². The van der Waals surface area contributed by atoms with E-state index in [-0.39, 0.29) is 12.5 Å². The first-order valence-electron chi connectivity index (χ1n) is 8.63. The van der Waals surface area contributed by atoms with Gasteiger partial charge in [0, 0.05) is 12.1 Å². The molecular weight excluding hydrogens is 290 g/mol. The maximum absolute atomic E-state index is 12.6. The highest BCUT2D eigenvalue weighted by molar-refractivity contribution is 5.79. The Morgan fingerprint density at radius 1 is 1.26 bits per heavy atom. The highest BCUT2D eigenvalue weighted by atomic mass is 16.5. The molecule has 1 atom stereocenters. The number of hydrogen-bond donors (Lipinski definition) is 1. The normalized spacial score (nSPS) is 19.3. The third-order valence-corrected chi connectivity index (χ3v) is 4.89. The average Bonchev–Trinajstić information content (AvgIpc) is 3.37. The molecule has 0 aromatic heterocycles. The van der Waals surface area contributed by atoms with Gasteiger partial charge in [-0.1, -0.05) is 12.1 Å². The number of aliphatic hydroxyl groups is 1. The van der Waals surface area contributed by atoms with Crippen LogP contribution in [0.3, 0.4) is 0 Å². The fraction of sp³-hybridized carbons (Fsp3) is 0.632. The van der Waals surface area contributed by atoms with Gasteiger partial charge in [-0.25, -0.2) is 0 Å². The number of carbonyl (C=O) groups excluding carboxylic acids is 1. The van der Waals surface area contributed by atoms with E-state index in [1.807, 2.05) is 24.3 Å². The Morgan fingerprint density at radius 2 is 1.87 bits per heavy atom. The molecule has 1 unspecified atom stereocenters. The molecule has 4 heteroatoms. The maximum Gasteiger partial charge on any atom is 0.261 e. The van der Waals surface area contributed by atoms with Gasteiger partial charge in [-0.3, -0.25) is 4.79 Å². The minimum absolute atomic E-state index is 0.0927. The highest BCUT2D eigenvalue weighted by Gasteiger charge is 2.41. The second kappa shape index (κ2) is 6.16. The van der Waals surface area contributed by atoms with Crippen LogP contribution in [0, 0.1) is 5.92 Å². The van der Waals surface area contributed by atoms with Crippen LogP contribution in [0.1, 0.15) is 52.0 Å². The van der Waals surface area contributed by atoms with E-state index in [4.69, 9.17) is 4.74 Å². The first-order valence-corrected chi connectivity index (χ1v) is 8.63. The van der Waals surface area contributed by atoms with Crippen LogP contribution in [0.4, 0.5) is 0 Å². The number of ether oxygens (including phenoxy) is 1. The van der Waals surface area contributed by atoms with Crippen molar-refractivity contribution >= 4 is 5.91 Å². The number of hydrogen-bond acceptors (Lipinski definition) is 3. The summed E-state index contributed by atoms with van der Waals surface area (Å²) in [7, 11) is 0. The second-order valence-electron chi connectivity index (χ2n) is 7.48. The molecule has 1 amide bonds. The molecule has 1 aromatic rings. The molecule has 1 aromatic carbocycles. The number of carbonyl (C=O) groups is 1. The van der Waals surface area contributed by atoms with Crippen molar-refractivity contribution in [3.8, 4) is 5.75 Å². The smallest absolute Gasteiger partial charge is 0.261 e. The Bertz CT molecular complexity index is 553. The van der Waals surface area contributed by atoms with Crippen LogP contribution < -0.4 is 4.74 Å². The SMILES string of the molecule is CC(C1CC1)N(C(=O)COc1ccc(C(C)(C)O)cc1)C1CC1. The molecule has 0 radical (unpaired) electrons. The highest BCUT2D eigenvalue weighted by Crippen LogP contribution is 2.39. The number of amides is 1. The number of nitrogens with zero attached hydrogens (tertiary/aromatic N) is 1. The monoisotopic (exact) mass is 317 g/mol. The lowest BCUT2D eigenvalue weighted by atomic mass is 9.99. The van der Waals surface area contributed by atoms with Gasteiger partial charge in [-0.15, -0.1) is 0 Å². The van der Waals surface area contributed by atoms with Gasteiger partial charge in [-0.2, -0.15) is 0 Å². The minimum Gasteiger partial charge on any atom is -0.484 e. The summed E-state index contributed by atoms with van der Waals surface area (Å²) in [6.45, 7) is 5.76. The summed E-state index contributed by atoms with van der Waals surface area (Å²) < 4.78 is 5.67. The van der Waals surface area contributed by atoms with Gasteiger partial charge >= 0.3 is 0 Å². The number of benzene rings is 1. The van der Waals surface area contributed by atoms with E-state index in [9.17, 15) is 9.90 Å². The molecule has 3 rings (SSSR count). The third kappa shape index (κ3) is 4.05. The zero-order valence-electron chi connectivity index (χ0n) is 14.3. The van der Waals surface area contributed by atoms with Gasteiger partial charge in [0.1, 0.15) is 5.75 Å². The van der Waals surface area contributed by atoms with E-state index in [2.05, 4.69) is 11.8 Å². The van der Waals surface area contributed by atoms with Gasteiger partial charge in [0.2, 0.25) is 0 Å². The Morgan fingerprint density at radius 3 is 2.35 bits per heavy atom. The summed E-state index contributed by atoms with van der Waals surface area (Å²) in [5.74, 6) is 1.45. The van der Waals surface area contributed by atoms with Crippen molar-refractivity contribution in [3.05, 3.63) is 29.8 Å². The Labute approximate surface area is 138 Å². The van der Waals surface area contributed by atoms with Crippen molar-refractivity contribution in [1.29, 1.82) is 0 Å². The van der Waals surface area contributed by atoms with Crippen molar-refractivity contribution in [3.63, 3.8) is 0 Å². The maximum atomic E-state index is 12.6. The largest absolute Gasteiger partial charge is 0.484 e. The topological polar surface area (TPSA) is 49.8 Å². The molecule has 2 fully saturated rings. The molecule has 2 saturated carbocycles. The zero-order chi connectivity index (χ0) is 16.6. The Balaban J connectivity index is 1.57. The molecule has 126 valence electrons. The van der Waals surface area contributed by atoms with Crippen LogP contribution in [0.5, 0.6) is 5.75 Å². The van der Waals surface area contributed by atoms with Crippen LogP contribution >= 0.6 is 0 Å². The lowest BCUT2D eigenvalue weighted by molar-refractivity contribution is -0.136. The summed E-state index contributed by atoms with van der Waals surface area (Å²) >= 11 is 0. The van der Waals surface area contributed by atoms with Crippen LogP contribution in [0.25, 0.3) is 0 Å². The molecule has 2 aliphatic carbocycles. The zero-order valence-corrected chi connectivity index (χ0v) is 14.3. The van der Waals surface area contributed by atoms with Crippen molar-refractivity contribution in [2.45, 2.75) is 64.1 Å². The summed E-state index contributed by atoms with van der Waals surface area (Å²) in [5, 5.41) is 9.96. The Kier molecular flexibility index (Phi) is 4.37. The summed E-state index contributed by atoms with van der Waals surface area (Å²) in [6.07, 6.45) is 4.75. The summed E-state index contributed by atoms with van der Waals surface area (Å²) in [5.41, 5.74) is -0.0327. The van der Waals surface area contributed by atoms with Crippen molar-refractivity contribution < 1.29 is 14.6 Å². The molecule has 23 heavy (non-hydrogen) atoms. The van der Waals surface area contributed by atoms with Gasteiger partial charge in [0.05, 0.1) is 5.60 Å². The van der Waals surface area contributed by atoms with E-state index in [1.165, 1.54) is 12.8 Å². The van der Waals surface area contributed by atoms with Crippen LogP contribution in [0.15, 0.2) is 24.3 Å². The van der Waals surface area contributed by atoms with Gasteiger partial charge in [-0.05, 0) is 70.1 Å². The molecule has 0 heterocycles. The first kappa shape index (κ1) is 16.3. The van der Waals surface area contributed by atoms with Crippen molar-refractivity contribution in [2.75, 3.05) is 6.61 Å². The lowest BCUT2D eigenvalue weighted by Gasteiger charge is -2.29. The predicted octanol–water partition coefficient (Wildman–Crippen LogP) is 3.08. The minimum atomic E-state index is -0.864. The van der Waals surface area contributed by atoms with E-state index in [0.29, 0.717) is 23.8 Å². The van der Waals surface area contributed by atoms with E-state index >= 15 is 0 Å². The molecule has 0 aliphatic heterocycles. The average molecular weight is 317 g/mol.